The molecule has 2 rings (SSSR count). The molecular weight excluding hydrogens is 244 g/mol. The third kappa shape index (κ3) is 3.06. The highest BCUT2D eigenvalue weighted by Crippen LogP contribution is 2.13. The van der Waals surface area contributed by atoms with Gasteiger partial charge in [-0.2, -0.15) is 0 Å². The number of amides is 2. The molecule has 6 nitrogen and oxygen atoms in total. The third-order valence-corrected chi connectivity index (χ3v) is 4.29. The Morgan fingerprint density at radius 3 is 2.76 bits per heavy atom. The largest absolute Gasteiger partial charge is 0.355 e. The van der Waals surface area contributed by atoms with Crippen LogP contribution in [0.1, 0.15) is 12.8 Å². The van der Waals surface area contributed by atoms with Gasteiger partial charge in [-0.3, -0.25) is 9.59 Å². The molecule has 2 heterocycles. The number of hydrogen-bond acceptors (Lipinski definition) is 4. The van der Waals surface area contributed by atoms with Crippen LogP contribution in [0.15, 0.2) is 11.5 Å². The molecular formula is C10H14N2O4S. The van der Waals surface area contributed by atoms with Gasteiger partial charge in [0, 0.05) is 18.4 Å². The van der Waals surface area contributed by atoms with Gasteiger partial charge in [0.2, 0.25) is 11.8 Å². The first-order chi connectivity index (χ1) is 7.96. The van der Waals surface area contributed by atoms with Crippen LogP contribution in [0.2, 0.25) is 0 Å². The minimum atomic E-state index is -3.15. The molecule has 2 amide bonds. The summed E-state index contributed by atoms with van der Waals surface area (Å²) in [5, 5.41) is 6.41. The average Bonchev–Trinajstić information content (AvgIpc) is 2.59. The Kier molecular flexibility index (Phi) is 3.19. The topological polar surface area (TPSA) is 92.3 Å². The van der Waals surface area contributed by atoms with Crippen molar-refractivity contribution in [1.29, 1.82) is 0 Å². The zero-order chi connectivity index (χ0) is 12.5. The van der Waals surface area contributed by atoms with Crippen molar-refractivity contribution in [3.05, 3.63) is 11.5 Å². The summed E-state index contributed by atoms with van der Waals surface area (Å²) in [5.41, 5.74) is 0. The van der Waals surface area contributed by atoms with Crippen molar-refractivity contribution in [2.24, 2.45) is 5.92 Å². The lowest BCUT2D eigenvalue weighted by molar-refractivity contribution is -0.129. The maximum atomic E-state index is 11.8. The Balaban J connectivity index is 1.86. The van der Waals surface area contributed by atoms with Crippen LogP contribution in [0, 0.1) is 5.92 Å². The molecule has 0 aromatic carbocycles. The van der Waals surface area contributed by atoms with Gasteiger partial charge in [0.1, 0.15) is 0 Å². The molecule has 2 aliphatic heterocycles. The van der Waals surface area contributed by atoms with Crippen LogP contribution in [0.5, 0.6) is 0 Å². The van der Waals surface area contributed by atoms with Crippen LogP contribution in [0.4, 0.5) is 0 Å². The highest BCUT2D eigenvalue weighted by molar-refractivity contribution is 7.94. The second kappa shape index (κ2) is 4.48. The maximum absolute atomic E-state index is 11.8. The van der Waals surface area contributed by atoms with E-state index >= 15 is 0 Å². The molecule has 2 N–H and O–H groups in total. The first-order valence-corrected chi connectivity index (χ1v) is 7.16. The number of piperidine rings is 1. The molecule has 94 valence electrons. The predicted octanol–water partition coefficient (Wildman–Crippen LogP) is -1.06. The van der Waals surface area contributed by atoms with Crippen molar-refractivity contribution in [3.8, 4) is 0 Å². The summed E-state index contributed by atoms with van der Waals surface area (Å²) >= 11 is 0. The number of hydrogen-bond donors (Lipinski definition) is 2. The van der Waals surface area contributed by atoms with E-state index < -0.39 is 15.9 Å². The van der Waals surface area contributed by atoms with Crippen LogP contribution < -0.4 is 10.6 Å². The molecule has 0 saturated carbocycles. The summed E-state index contributed by atoms with van der Waals surface area (Å²) in [6.45, 7) is 0.327. The van der Waals surface area contributed by atoms with Crippen LogP contribution in [0.25, 0.3) is 0 Å². The molecule has 0 aromatic heterocycles. The second-order valence-electron chi connectivity index (χ2n) is 4.31. The molecule has 0 aromatic rings. The van der Waals surface area contributed by atoms with Crippen LogP contribution in [-0.2, 0) is 19.4 Å². The monoisotopic (exact) mass is 258 g/mol. The summed E-state index contributed by atoms with van der Waals surface area (Å²) < 4.78 is 22.3. The quantitative estimate of drug-likeness (QED) is 0.660. The minimum absolute atomic E-state index is 0.0441. The SMILES string of the molecule is O=C1CCC(C(=O)NC2C=CS(=O)(=O)C2)CN1. The van der Waals surface area contributed by atoms with Crippen LogP contribution in [0.3, 0.4) is 0 Å². The predicted molar refractivity (Wildman–Crippen MR) is 60.6 cm³/mol. The van der Waals surface area contributed by atoms with E-state index in [1.165, 1.54) is 6.08 Å². The molecule has 17 heavy (non-hydrogen) atoms. The molecule has 0 radical (unpaired) electrons. The van der Waals surface area contributed by atoms with Crippen molar-refractivity contribution in [1.82, 2.24) is 10.6 Å². The lowest BCUT2D eigenvalue weighted by atomic mass is 9.98. The first kappa shape index (κ1) is 12.1. The van der Waals surface area contributed by atoms with Gasteiger partial charge in [0.05, 0.1) is 17.7 Å². The average molecular weight is 258 g/mol. The van der Waals surface area contributed by atoms with Gasteiger partial charge < -0.3 is 10.6 Å². The molecule has 0 aliphatic carbocycles. The van der Waals surface area contributed by atoms with E-state index in [0.717, 1.165) is 5.41 Å². The lowest BCUT2D eigenvalue weighted by Gasteiger charge is -2.22. The van der Waals surface area contributed by atoms with Gasteiger partial charge in [-0.05, 0) is 12.5 Å². The first-order valence-electron chi connectivity index (χ1n) is 5.44. The summed E-state index contributed by atoms with van der Waals surface area (Å²) in [7, 11) is -3.15. The Morgan fingerprint density at radius 1 is 1.47 bits per heavy atom. The molecule has 2 atom stereocenters. The Labute approximate surface area is 99.4 Å². The second-order valence-corrected chi connectivity index (χ2v) is 6.24. The van der Waals surface area contributed by atoms with Gasteiger partial charge in [0.25, 0.3) is 0 Å². The van der Waals surface area contributed by atoms with E-state index in [9.17, 15) is 18.0 Å². The standard InChI is InChI=1S/C10H14N2O4S/c13-9-2-1-7(5-11-9)10(14)12-8-3-4-17(15,16)6-8/h3-4,7-8H,1-2,5-6H2,(H,11,13)(H,12,14). The van der Waals surface area contributed by atoms with Crippen LogP contribution >= 0.6 is 0 Å². The van der Waals surface area contributed by atoms with E-state index in [2.05, 4.69) is 10.6 Å². The van der Waals surface area contributed by atoms with Crippen molar-refractivity contribution in [2.75, 3.05) is 12.3 Å². The molecule has 1 fully saturated rings. The van der Waals surface area contributed by atoms with E-state index in [4.69, 9.17) is 0 Å². The summed E-state index contributed by atoms with van der Waals surface area (Å²) in [5.74, 6) is -0.573. The molecule has 2 aliphatic rings. The molecule has 7 heteroatoms. The lowest BCUT2D eigenvalue weighted by Crippen LogP contribution is -2.46. The van der Waals surface area contributed by atoms with Crippen molar-refractivity contribution in [2.45, 2.75) is 18.9 Å². The van der Waals surface area contributed by atoms with Crippen LogP contribution in [-0.4, -0.2) is 38.6 Å². The third-order valence-electron chi connectivity index (χ3n) is 2.89. The highest BCUT2D eigenvalue weighted by atomic mass is 32.2. The van der Waals surface area contributed by atoms with Gasteiger partial charge in [-0.1, -0.05) is 0 Å². The van der Waals surface area contributed by atoms with Crippen molar-refractivity contribution >= 4 is 21.7 Å². The number of nitrogens with one attached hydrogen (secondary N) is 2. The van der Waals surface area contributed by atoms with Gasteiger partial charge >= 0.3 is 0 Å². The Morgan fingerprint density at radius 2 is 2.24 bits per heavy atom. The smallest absolute Gasteiger partial charge is 0.225 e. The fourth-order valence-corrected chi connectivity index (χ4v) is 3.16. The van der Waals surface area contributed by atoms with Crippen molar-refractivity contribution in [3.63, 3.8) is 0 Å². The fourth-order valence-electron chi connectivity index (χ4n) is 1.92. The zero-order valence-corrected chi connectivity index (χ0v) is 10.00. The fraction of sp³-hybridized carbons (Fsp3) is 0.600. The number of carbonyl (C=O) groups is 2. The molecule has 1 saturated heterocycles. The Hall–Kier alpha value is -1.37. The zero-order valence-electron chi connectivity index (χ0n) is 9.18. The molecule has 2 unspecified atom stereocenters. The van der Waals surface area contributed by atoms with E-state index in [-0.39, 0.29) is 23.5 Å². The number of carbonyl (C=O) groups excluding carboxylic acids is 2. The van der Waals surface area contributed by atoms with Gasteiger partial charge in [-0.15, -0.1) is 0 Å². The highest BCUT2D eigenvalue weighted by Gasteiger charge is 2.28. The minimum Gasteiger partial charge on any atom is -0.355 e. The van der Waals surface area contributed by atoms with Gasteiger partial charge in [0.15, 0.2) is 9.84 Å². The normalized spacial score (nSPS) is 30.9. The maximum Gasteiger partial charge on any atom is 0.225 e. The summed E-state index contributed by atoms with van der Waals surface area (Å²) in [4.78, 5) is 22.7. The number of rotatable bonds is 2. The molecule has 0 spiro atoms. The van der Waals surface area contributed by atoms with Gasteiger partial charge in [-0.25, -0.2) is 8.42 Å². The summed E-state index contributed by atoms with van der Waals surface area (Å²) in [6, 6.07) is -0.440. The van der Waals surface area contributed by atoms with E-state index in [1.54, 1.807) is 0 Å². The molecule has 0 bridgehead atoms. The number of sulfone groups is 1. The summed E-state index contributed by atoms with van der Waals surface area (Å²) in [6.07, 6.45) is 2.34. The Bertz CT molecular complexity index is 459. The van der Waals surface area contributed by atoms with E-state index in [0.29, 0.717) is 19.4 Å². The van der Waals surface area contributed by atoms with E-state index in [1.807, 2.05) is 0 Å². The van der Waals surface area contributed by atoms with Crippen molar-refractivity contribution < 1.29 is 18.0 Å².